The second kappa shape index (κ2) is 7.64. The molecule has 2 aromatic carbocycles. The largest absolute Gasteiger partial charge is 0.431 e. The van der Waals surface area contributed by atoms with E-state index in [1.54, 1.807) is 36.4 Å². The molecular weight excluding hydrogens is 432 g/mol. The van der Waals surface area contributed by atoms with Crippen LogP contribution in [-0.4, -0.2) is 41.4 Å². The predicted octanol–water partition coefficient (Wildman–Crippen LogP) is 4.39. The zero-order valence-corrected chi connectivity index (χ0v) is 18.5. The minimum Gasteiger partial charge on any atom is -0.431 e. The number of hydrogen-bond acceptors (Lipinski definition) is 6. The number of nitrogens with zero attached hydrogens (tertiary/aromatic N) is 4. The van der Waals surface area contributed by atoms with Gasteiger partial charge in [0.2, 0.25) is 10.0 Å². The first kappa shape index (κ1) is 20.2. The van der Waals surface area contributed by atoms with Crippen LogP contribution in [0.3, 0.4) is 0 Å². The molecule has 0 aliphatic rings. The topological polar surface area (TPSA) is 81.2 Å². The van der Waals surface area contributed by atoms with E-state index in [4.69, 9.17) is 16.0 Å². The lowest BCUT2D eigenvalue weighted by Gasteiger charge is -2.11. The van der Waals surface area contributed by atoms with Gasteiger partial charge in [0.05, 0.1) is 21.7 Å². The number of rotatable bonds is 6. The summed E-state index contributed by atoms with van der Waals surface area (Å²) in [6.07, 6.45) is 0. The van der Waals surface area contributed by atoms with E-state index in [0.717, 1.165) is 17.9 Å². The lowest BCUT2D eigenvalue weighted by atomic mass is 10.3. The number of benzene rings is 2. The summed E-state index contributed by atoms with van der Waals surface area (Å²) in [6.45, 7) is 2.75. The number of aromatic nitrogens is 3. The average Bonchev–Trinajstić information content (AvgIpc) is 3.25. The Morgan fingerprint density at radius 2 is 1.93 bits per heavy atom. The van der Waals surface area contributed by atoms with Gasteiger partial charge < -0.3 is 8.98 Å². The van der Waals surface area contributed by atoms with E-state index < -0.39 is 10.0 Å². The summed E-state index contributed by atoms with van der Waals surface area (Å²) in [4.78, 5) is 9.35. The highest BCUT2D eigenvalue weighted by Gasteiger charge is 2.20. The third-order valence-electron chi connectivity index (χ3n) is 4.55. The third-order valence-corrected chi connectivity index (χ3v) is 7.42. The summed E-state index contributed by atoms with van der Waals surface area (Å²) in [7, 11) is -0.482. The molecule has 0 bridgehead atoms. The van der Waals surface area contributed by atoms with Crippen molar-refractivity contribution < 1.29 is 12.8 Å². The number of fused-ring (bicyclic) bond motifs is 2. The minimum atomic E-state index is -3.51. The SMILES string of the molecule is CCn1c(CSc2nc3cc(Cl)ccc3o2)nc2cc(S(=O)(=O)N(C)C)ccc21. The fourth-order valence-corrected chi connectivity index (χ4v) is 4.93. The number of halogens is 1. The van der Waals surface area contributed by atoms with Crippen LogP contribution < -0.4 is 0 Å². The molecule has 152 valence electrons. The molecule has 0 aliphatic carbocycles. The van der Waals surface area contributed by atoms with Gasteiger partial charge in [0.15, 0.2) is 5.58 Å². The lowest BCUT2D eigenvalue weighted by Crippen LogP contribution is -2.22. The molecule has 0 amide bonds. The molecule has 0 spiro atoms. The zero-order chi connectivity index (χ0) is 20.8. The Balaban J connectivity index is 1.65. The first-order valence-electron chi connectivity index (χ1n) is 8.90. The zero-order valence-electron chi connectivity index (χ0n) is 16.1. The highest BCUT2D eigenvalue weighted by molar-refractivity contribution is 7.98. The Kier molecular flexibility index (Phi) is 5.32. The summed E-state index contributed by atoms with van der Waals surface area (Å²) in [5, 5.41) is 1.14. The van der Waals surface area contributed by atoms with Crippen molar-refractivity contribution in [1.29, 1.82) is 0 Å². The lowest BCUT2D eigenvalue weighted by molar-refractivity contribution is 0.489. The number of sulfonamides is 1. The highest BCUT2D eigenvalue weighted by atomic mass is 35.5. The van der Waals surface area contributed by atoms with Gasteiger partial charge in [-0.1, -0.05) is 23.4 Å². The average molecular weight is 451 g/mol. The molecule has 7 nitrogen and oxygen atoms in total. The van der Waals surface area contributed by atoms with E-state index in [0.29, 0.717) is 32.6 Å². The van der Waals surface area contributed by atoms with Crippen molar-refractivity contribution in [3.63, 3.8) is 0 Å². The number of hydrogen-bond donors (Lipinski definition) is 0. The Bertz CT molecular complexity index is 1310. The molecule has 0 atom stereocenters. The summed E-state index contributed by atoms with van der Waals surface area (Å²) >= 11 is 7.44. The molecule has 2 aromatic heterocycles. The number of oxazole rings is 1. The third kappa shape index (κ3) is 3.75. The van der Waals surface area contributed by atoms with Crippen molar-refractivity contribution in [2.45, 2.75) is 29.3 Å². The van der Waals surface area contributed by atoms with Gasteiger partial charge in [0, 0.05) is 25.7 Å². The smallest absolute Gasteiger partial charge is 0.257 e. The van der Waals surface area contributed by atoms with Crippen molar-refractivity contribution >= 4 is 55.5 Å². The van der Waals surface area contributed by atoms with E-state index >= 15 is 0 Å². The van der Waals surface area contributed by atoms with Gasteiger partial charge in [-0.15, -0.1) is 0 Å². The second-order valence-corrected chi connectivity index (χ2v) is 10.1. The van der Waals surface area contributed by atoms with E-state index in [1.165, 1.54) is 30.2 Å². The summed E-state index contributed by atoms with van der Waals surface area (Å²) in [5.74, 6) is 1.37. The van der Waals surface area contributed by atoms with Gasteiger partial charge in [-0.2, -0.15) is 0 Å². The van der Waals surface area contributed by atoms with Crippen molar-refractivity contribution in [2.75, 3.05) is 14.1 Å². The van der Waals surface area contributed by atoms with Gasteiger partial charge in [-0.05, 0) is 43.3 Å². The maximum atomic E-state index is 12.4. The van der Waals surface area contributed by atoms with E-state index in [-0.39, 0.29) is 4.90 Å². The van der Waals surface area contributed by atoms with Crippen LogP contribution in [0.2, 0.25) is 5.02 Å². The molecule has 0 fully saturated rings. The molecule has 0 radical (unpaired) electrons. The Labute approximate surface area is 177 Å². The van der Waals surface area contributed by atoms with Crippen molar-refractivity contribution in [3.05, 3.63) is 47.2 Å². The number of imidazole rings is 1. The standard InChI is InChI=1S/C19H19ClN4O3S2/c1-4-24-16-7-6-13(29(25,26)23(2)3)10-14(16)21-18(24)11-28-19-22-15-9-12(20)5-8-17(15)27-19/h5-10H,4,11H2,1-3H3. The first-order valence-corrected chi connectivity index (χ1v) is 11.7. The summed E-state index contributed by atoms with van der Waals surface area (Å²) in [5.41, 5.74) is 2.93. The summed E-state index contributed by atoms with van der Waals surface area (Å²) < 4.78 is 33.8. The number of aryl methyl sites for hydroxylation is 1. The van der Waals surface area contributed by atoms with E-state index in [1.807, 2.05) is 6.92 Å². The quantitative estimate of drug-likeness (QED) is 0.405. The van der Waals surface area contributed by atoms with Crippen LogP contribution in [0.4, 0.5) is 0 Å². The molecular formula is C19H19ClN4O3S2. The Hall–Kier alpha value is -2.07. The molecule has 0 N–H and O–H groups in total. The molecule has 29 heavy (non-hydrogen) atoms. The van der Waals surface area contributed by atoms with Crippen LogP contribution in [0.15, 0.2) is 50.9 Å². The Morgan fingerprint density at radius 3 is 2.66 bits per heavy atom. The molecule has 2 heterocycles. The molecule has 10 heteroatoms. The molecule has 0 aliphatic heterocycles. The van der Waals surface area contributed by atoms with E-state index in [9.17, 15) is 8.42 Å². The number of thioether (sulfide) groups is 1. The van der Waals surface area contributed by atoms with Crippen LogP contribution in [0.5, 0.6) is 0 Å². The fourth-order valence-electron chi connectivity index (χ4n) is 3.06. The van der Waals surface area contributed by atoms with E-state index in [2.05, 4.69) is 14.5 Å². The maximum Gasteiger partial charge on any atom is 0.257 e. The minimum absolute atomic E-state index is 0.228. The van der Waals surface area contributed by atoms with Crippen molar-refractivity contribution in [1.82, 2.24) is 18.8 Å². The molecule has 0 saturated heterocycles. The van der Waals surface area contributed by atoms with Crippen LogP contribution in [0, 0.1) is 0 Å². The normalized spacial score (nSPS) is 12.4. The molecule has 4 rings (SSSR count). The predicted molar refractivity (Wildman–Crippen MR) is 115 cm³/mol. The second-order valence-electron chi connectivity index (χ2n) is 6.59. The Morgan fingerprint density at radius 1 is 1.14 bits per heavy atom. The highest BCUT2D eigenvalue weighted by Crippen LogP contribution is 2.29. The maximum absolute atomic E-state index is 12.4. The van der Waals surface area contributed by atoms with Crippen LogP contribution >= 0.6 is 23.4 Å². The monoisotopic (exact) mass is 450 g/mol. The van der Waals surface area contributed by atoms with Gasteiger partial charge in [0.1, 0.15) is 11.3 Å². The van der Waals surface area contributed by atoms with Gasteiger partial charge in [-0.25, -0.2) is 22.7 Å². The van der Waals surface area contributed by atoms with Crippen LogP contribution in [-0.2, 0) is 22.3 Å². The fraction of sp³-hybridized carbons (Fsp3) is 0.263. The first-order chi connectivity index (χ1) is 13.8. The molecule has 0 saturated carbocycles. The van der Waals surface area contributed by atoms with Crippen LogP contribution in [0.1, 0.15) is 12.7 Å². The molecule has 4 aromatic rings. The van der Waals surface area contributed by atoms with Crippen molar-refractivity contribution in [2.24, 2.45) is 0 Å². The van der Waals surface area contributed by atoms with Crippen molar-refractivity contribution in [3.8, 4) is 0 Å². The van der Waals surface area contributed by atoms with Gasteiger partial charge in [0.25, 0.3) is 5.22 Å². The molecule has 0 unspecified atom stereocenters. The van der Waals surface area contributed by atoms with Gasteiger partial charge in [-0.3, -0.25) is 0 Å². The van der Waals surface area contributed by atoms with Crippen LogP contribution in [0.25, 0.3) is 22.1 Å². The summed E-state index contributed by atoms with van der Waals surface area (Å²) in [6, 6.07) is 10.4. The van der Waals surface area contributed by atoms with Gasteiger partial charge >= 0.3 is 0 Å².